The van der Waals surface area contributed by atoms with Gasteiger partial charge in [0, 0.05) is 0 Å². The molecular weight excluding hydrogens is 312 g/mol. The first kappa shape index (κ1) is 20.7. The Morgan fingerprint density at radius 1 is 0.615 bits per heavy atom. The quantitative estimate of drug-likeness (QED) is 0.383. The highest BCUT2D eigenvalue weighted by Crippen LogP contribution is 2.32. The summed E-state index contributed by atoms with van der Waals surface area (Å²) in [7, 11) is 0. The maximum absolute atomic E-state index is 3.46. The molecule has 0 nitrogen and oxygen atoms in total. The molecule has 0 saturated carbocycles. The Balaban J connectivity index is 2.30. The normalized spacial score (nSPS) is 11.5. The lowest BCUT2D eigenvalue weighted by Crippen LogP contribution is -2.00. The van der Waals surface area contributed by atoms with Crippen molar-refractivity contribution in [2.45, 2.75) is 90.9 Å². The molecule has 0 aromatic heterocycles. The Morgan fingerprint density at radius 3 is 1.27 bits per heavy atom. The van der Waals surface area contributed by atoms with Crippen LogP contribution in [-0.4, -0.2) is 0 Å². The van der Waals surface area contributed by atoms with E-state index in [0.717, 1.165) is 0 Å². The van der Waals surface area contributed by atoms with Gasteiger partial charge >= 0.3 is 0 Å². The Morgan fingerprint density at radius 2 is 0.962 bits per heavy atom. The largest absolute Gasteiger partial charge is 0.0654 e. The van der Waals surface area contributed by atoms with Gasteiger partial charge in [-0.25, -0.2) is 0 Å². The second-order valence-corrected chi connectivity index (χ2v) is 7.62. The van der Waals surface area contributed by atoms with E-state index in [2.05, 4.69) is 76.2 Å². The molecule has 0 aliphatic heterocycles. The van der Waals surface area contributed by atoms with Gasteiger partial charge in [-0.05, 0) is 71.9 Å². The standard InChI is InChI=1S/C26H36/c1-5-11-21(12-6-2)23-15-9-17-25(19-23)26-18-10-16-24(20-26)22(13-7-3)14-8-4/h9-10,15-16,19-22H,5-8,11-14H2,1-4H3. The molecule has 0 bridgehead atoms. The van der Waals surface area contributed by atoms with Crippen molar-refractivity contribution in [3.05, 3.63) is 59.7 Å². The molecule has 2 aromatic carbocycles. The van der Waals surface area contributed by atoms with E-state index in [0.29, 0.717) is 11.8 Å². The molecule has 0 aliphatic carbocycles. The summed E-state index contributed by atoms with van der Waals surface area (Å²) in [5.74, 6) is 1.35. The lowest BCUT2D eigenvalue weighted by molar-refractivity contribution is 0.560. The Kier molecular flexibility index (Phi) is 8.95. The molecule has 26 heavy (non-hydrogen) atoms. The molecule has 2 rings (SSSR count). The van der Waals surface area contributed by atoms with Crippen LogP contribution in [0.1, 0.15) is 102 Å². The van der Waals surface area contributed by atoms with Crippen molar-refractivity contribution in [1.29, 1.82) is 0 Å². The minimum atomic E-state index is 0.675. The van der Waals surface area contributed by atoms with Gasteiger partial charge < -0.3 is 0 Å². The molecule has 0 fully saturated rings. The van der Waals surface area contributed by atoms with Gasteiger partial charge in [0.15, 0.2) is 0 Å². The highest BCUT2D eigenvalue weighted by Gasteiger charge is 2.13. The topological polar surface area (TPSA) is 0 Å². The minimum Gasteiger partial charge on any atom is -0.0654 e. The zero-order chi connectivity index (χ0) is 18.8. The Labute approximate surface area is 162 Å². The number of hydrogen-bond acceptors (Lipinski definition) is 0. The average molecular weight is 349 g/mol. The van der Waals surface area contributed by atoms with Crippen LogP contribution in [-0.2, 0) is 0 Å². The fourth-order valence-electron chi connectivity index (χ4n) is 4.14. The molecule has 0 heteroatoms. The van der Waals surface area contributed by atoms with Gasteiger partial charge in [0.2, 0.25) is 0 Å². The van der Waals surface area contributed by atoms with E-state index < -0.39 is 0 Å². The summed E-state index contributed by atoms with van der Waals surface area (Å²) in [5, 5.41) is 0. The molecule has 140 valence electrons. The molecule has 0 heterocycles. The lowest BCUT2D eigenvalue weighted by Gasteiger charge is -2.18. The summed E-state index contributed by atoms with van der Waals surface area (Å²) >= 11 is 0. The van der Waals surface area contributed by atoms with Gasteiger partial charge in [-0.15, -0.1) is 0 Å². The molecule has 2 radical (unpaired) electrons. The first-order chi connectivity index (χ1) is 12.7. The van der Waals surface area contributed by atoms with Gasteiger partial charge in [-0.1, -0.05) is 89.8 Å². The maximum Gasteiger partial charge on any atom is -0.00960 e. The van der Waals surface area contributed by atoms with Gasteiger partial charge in [-0.2, -0.15) is 0 Å². The fraction of sp³-hybridized carbons (Fsp3) is 0.538. The molecule has 2 aromatic rings. The van der Waals surface area contributed by atoms with Gasteiger partial charge in [0.1, 0.15) is 0 Å². The summed E-state index contributed by atoms with van der Waals surface area (Å²) < 4.78 is 0. The van der Waals surface area contributed by atoms with E-state index in [-0.39, 0.29) is 0 Å². The molecule has 0 N–H and O–H groups in total. The van der Waals surface area contributed by atoms with Crippen LogP contribution in [0.15, 0.2) is 36.4 Å². The predicted molar refractivity (Wildman–Crippen MR) is 115 cm³/mol. The van der Waals surface area contributed by atoms with E-state index in [1.165, 1.54) is 73.6 Å². The van der Waals surface area contributed by atoms with E-state index in [4.69, 9.17) is 0 Å². The zero-order valence-corrected chi connectivity index (χ0v) is 17.3. The van der Waals surface area contributed by atoms with Crippen LogP contribution in [0.4, 0.5) is 0 Å². The molecule has 0 saturated heterocycles. The second-order valence-electron chi connectivity index (χ2n) is 7.62. The van der Waals surface area contributed by atoms with Crippen LogP contribution < -0.4 is 0 Å². The van der Waals surface area contributed by atoms with E-state index in [9.17, 15) is 0 Å². The molecule has 0 unspecified atom stereocenters. The first-order valence-electron chi connectivity index (χ1n) is 10.8. The van der Waals surface area contributed by atoms with Crippen molar-refractivity contribution in [3.8, 4) is 11.1 Å². The summed E-state index contributed by atoms with van der Waals surface area (Å²) in [6, 6.07) is 20.4. The molecular formula is C26H36. The monoisotopic (exact) mass is 348 g/mol. The third-order valence-electron chi connectivity index (χ3n) is 5.43. The molecule has 0 spiro atoms. The minimum absolute atomic E-state index is 0.675. The first-order valence-corrected chi connectivity index (χ1v) is 10.8. The maximum atomic E-state index is 3.46. The van der Waals surface area contributed by atoms with Crippen LogP contribution >= 0.6 is 0 Å². The van der Waals surface area contributed by atoms with Crippen molar-refractivity contribution in [2.75, 3.05) is 0 Å². The van der Waals surface area contributed by atoms with Crippen molar-refractivity contribution in [3.63, 3.8) is 0 Å². The number of rotatable bonds is 11. The average Bonchev–Trinajstić information content (AvgIpc) is 2.68. The third-order valence-corrected chi connectivity index (χ3v) is 5.43. The summed E-state index contributed by atoms with van der Waals surface area (Å²) in [6.07, 6.45) is 10.1. The van der Waals surface area contributed by atoms with Crippen molar-refractivity contribution in [2.24, 2.45) is 0 Å². The summed E-state index contributed by atoms with van der Waals surface area (Å²) in [6.45, 7) is 9.16. The Bertz CT molecular complexity index is 570. The van der Waals surface area contributed by atoms with Crippen molar-refractivity contribution < 1.29 is 0 Å². The summed E-state index contributed by atoms with van der Waals surface area (Å²) in [5.41, 5.74) is 5.35. The number of hydrogen-bond donors (Lipinski definition) is 0. The van der Waals surface area contributed by atoms with E-state index in [1.54, 1.807) is 0 Å². The van der Waals surface area contributed by atoms with Crippen LogP contribution in [0.25, 0.3) is 11.1 Å². The molecule has 0 amide bonds. The Hall–Kier alpha value is -1.56. The van der Waals surface area contributed by atoms with Crippen molar-refractivity contribution >= 4 is 0 Å². The highest BCUT2D eigenvalue weighted by molar-refractivity contribution is 5.64. The van der Waals surface area contributed by atoms with E-state index in [1.807, 2.05) is 0 Å². The third kappa shape index (κ3) is 5.73. The van der Waals surface area contributed by atoms with Gasteiger partial charge in [0.25, 0.3) is 0 Å². The van der Waals surface area contributed by atoms with E-state index >= 15 is 0 Å². The fourth-order valence-corrected chi connectivity index (χ4v) is 4.14. The second kappa shape index (κ2) is 11.2. The highest BCUT2D eigenvalue weighted by atomic mass is 14.2. The van der Waals surface area contributed by atoms with Gasteiger partial charge in [-0.3, -0.25) is 0 Å². The summed E-state index contributed by atoms with van der Waals surface area (Å²) in [4.78, 5) is 0. The molecule has 0 aliphatic rings. The number of benzene rings is 2. The van der Waals surface area contributed by atoms with Gasteiger partial charge in [0.05, 0.1) is 0 Å². The SMILES string of the molecule is CCCC(CCC)c1cc[c]c(-c2[c]ccc(C(CCC)CCC)c2)c1. The van der Waals surface area contributed by atoms with Crippen molar-refractivity contribution in [1.82, 2.24) is 0 Å². The molecule has 0 atom stereocenters. The van der Waals surface area contributed by atoms with Crippen LogP contribution in [0.2, 0.25) is 0 Å². The van der Waals surface area contributed by atoms with Crippen LogP contribution in [0.3, 0.4) is 0 Å². The lowest BCUT2D eigenvalue weighted by atomic mass is 9.86. The van der Waals surface area contributed by atoms with Crippen LogP contribution in [0, 0.1) is 12.1 Å². The smallest absolute Gasteiger partial charge is 0.00960 e. The predicted octanol–water partition coefficient (Wildman–Crippen LogP) is 8.32. The van der Waals surface area contributed by atoms with Crippen LogP contribution in [0.5, 0.6) is 0 Å². The zero-order valence-electron chi connectivity index (χ0n) is 17.3.